The van der Waals surface area contributed by atoms with Crippen LogP contribution >= 0.6 is 23.2 Å². The highest BCUT2D eigenvalue weighted by Crippen LogP contribution is 2.30. The molecular formula is C18H19Cl2FN2. The molecular weight excluding hydrogens is 334 g/mol. The van der Waals surface area contributed by atoms with E-state index in [-0.39, 0.29) is 5.82 Å². The Kier molecular flexibility index (Phi) is 6.03. The minimum absolute atomic E-state index is 0.335. The zero-order chi connectivity index (χ0) is 17.0. The maximum absolute atomic E-state index is 13.1. The molecule has 2 aromatic rings. The van der Waals surface area contributed by atoms with E-state index in [0.29, 0.717) is 16.5 Å². The summed E-state index contributed by atoms with van der Waals surface area (Å²) >= 11 is 12.4. The maximum atomic E-state index is 13.1. The van der Waals surface area contributed by atoms with E-state index < -0.39 is 0 Å². The van der Waals surface area contributed by atoms with Crippen molar-refractivity contribution in [3.05, 3.63) is 62.9 Å². The van der Waals surface area contributed by atoms with Crippen molar-refractivity contribution >= 4 is 35.2 Å². The summed E-state index contributed by atoms with van der Waals surface area (Å²) in [6, 6.07) is 8.29. The topological polar surface area (TPSA) is 15.6 Å². The van der Waals surface area contributed by atoms with E-state index in [1.54, 1.807) is 12.4 Å². The van der Waals surface area contributed by atoms with Gasteiger partial charge in [-0.2, -0.15) is 0 Å². The first kappa shape index (κ1) is 17.8. The number of rotatable bonds is 5. The van der Waals surface area contributed by atoms with E-state index in [1.165, 1.54) is 12.1 Å². The van der Waals surface area contributed by atoms with Crippen molar-refractivity contribution in [3.8, 4) is 0 Å². The SMILES string of the molecule is CCN(C)C=Nc1cc(C)c(Cc2ccc(F)cc2Cl)cc1Cl. The van der Waals surface area contributed by atoms with Gasteiger partial charge < -0.3 is 4.90 Å². The van der Waals surface area contributed by atoms with Gasteiger partial charge in [0.1, 0.15) is 5.82 Å². The minimum atomic E-state index is -0.335. The molecule has 0 amide bonds. The number of hydrogen-bond acceptors (Lipinski definition) is 1. The lowest BCUT2D eigenvalue weighted by atomic mass is 10.00. The Morgan fingerprint density at radius 3 is 2.52 bits per heavy atom. The van der Waals surface area contributed by atoms with E-state index in [9.17, 15) is 4.39 Å². The van der Waals surface area contributed by atoms with Crippen LogP contribution < -0.4 is 0 Å². The monoisotopic (exact) mass is 352 g/mol. The molecule has 2 rings (SSSR count). The Morgan fingerprint density at radius 1 is 1.13 bits per heavy atom. The predicted octanol–water partition coefficient (Wildman–Crippen LogP) is 5.64. The molecule has 2 aromatic carbocycles. The molecule has 2 nitrogen and oxygen atoms in total. The first-order chi connectivity index (χ1) is 10.9. The van der Waals surface area contributed by atoms with Gasteiger partial charge in [0.05, 0.1) is 17.0 Å². The zero-order valence-corrected chi connectivity index (χ0v) is 14.9. The first-order valence-corrected chi connectivity index (χ1v) is 8.13. The van der Waals surface area contributed by atoms with Crippen molar-refractivity contribution < 1.29 is 4.39 Å². The van der Waals surface area contributed by atoms with Crippen LogP contribution in [0, 0.1) is 12.7 Å². The summed E-state index contributed by atoms with van der Waals surface area (Å²) in [6.07, 6.45) is 2.36. The van der Waals surface area contributed by atoms with Crippen molar-refractivity contribution in [1.82, 2.24) is 4.90 Å². The molecule has 0 spiro atoms. The highest BCUT2D eigenvalue weighted by atomic mass is 35.5. The summed E-state index contributed by atoms with van der Waals surface area (Å²) in [5, 5.41) is 1.01. The standard InChI is InChI=1S/C18H19Cl2FN2/c1-4-23(3)11-22-18-7-12(2)14(9-17(18)20)8-13-5-6-15(21)10-16(13)19/h5-7,9-11H,4,8H2,1-3H3. The number of aryl methyl sites for hydroxylation is 1. The van der Waals surface area contributed by atoms with Gasteiger partial charge in [-0.25, -0.2) is 9.38 Å². The van der Waals surface area contributed by atoms with Gasteiger partial charge in [-0.3, -0.25) is 0 Å². The summed E-state index contributed by atoms with van der Waals surface area (Å²) < 4.78 is 13.1. The second-order valence-electron chi connectivity index (χ2n) is 5.46. The molecule has 0 aliphatic heterocycles. The molecule has 0 atom stereocenters. The third kappa shape index (κ3) is 4.69. The molecule has 0 fully saturated rings. The third-order valence-electron chi connectivity index (χ3n) is 3.69. The summed E-state index contributed by atoms with van der Waals surface area (Å²) in [5.74, 6) is -0.335. The molecule has 0 aliphatic rings. The van der Waals surface area contributed by atoms with E-state index in [4.69, 9.17) is 23.2 Å². The Labute approximate surface area is 146 Å². The van der Waals surface area contributed by atoms with Gasteiger partial charge in [0, 0.05) is 18.6 Å². The van der Waals surface area contributed by atoms with Gasteiger partial charge in [0.15, 0.2) is 0 Å². The van der Waals surface area contributed by atoms with Crippen LogP contribution in [0.15, 0.2) is 35.3 Å². The van der Waals surface area contributed by atoms with E-state index in [0.717, 1.165) is 28.9 Å². The molecule has 122 valence electrons. The Bertz CT molecular complexity index is 729. The Balaban J connectivity index is 2.27. The molecule has 0 heterocycles. The molecule has 0 saturated heterocycles. The summed E-state index contributed by atoms with van der Waals surface area (Å²) in [7, 11) is 1.95. The Morgan fingerprint density at radius 2 is 1.87 bits per heavy atom. The van der Waals surface area contributed by atoms with Crippen molar-refractivity contribution in [1.29, 1.82) is 0 Å². The number of halogens is 3. The zero-order valence-electron chi connectivity index (χ0n) is 13.4. The van der Waals surface area contributed by atoms with Crippen LogP contribution in [-0.2, 0) is 6.42 Å². The lowest BCUT2D eigenvalue weighted by Crippen LogP contribution is -2.14. The molecule has 0 N–H and O–H groups in total. The lowest BCUT2D eigenvalue weighted by Gasteiger charge is -2.12. The summed E-state index contributed by atoms with van der Waals surface area (Å²) in [5.41, 5.74) is 3.72. The lowest BCUT2D eigenvalue weighted by molar-refractivity contribution is 0.552. The van der Waals surface area contributed by atoms with Crippen molar-refractivity contribution in [2.24, 2.45) is 4.99 Å². The second kappa shape index (κ2) is 7.80. The fourth-order valence-corrected chi connectivity index (χ4v) is 2.58. The normalized spacial score (nSPS) is 11.2. The fraction of sp³-hybridized carbons (Fsp3) is 0.278. The third-order valence-corrected chi connectivity index (χ3v) is 4.35. The molecule has 23 heavy (non-hydrogen) atoms. The van der Waals surface area contributed by atoms with Crippen LogP contribution in [0.5, 0.6) is 0 Å². The van der Waals surface area contributed by atoms with Crippen LogP contribution in [0.1, 0.15) is 23.6 Å². The molecule has 0 unspecified atom stereocenters. The smallest absolute Gasteiger partial charge is 0.124 e. The quantitative estimate of drug-likeness (QED) is 0.501. The van der Waals surface area contributed by atoms with E-state index in [1.807, 2.05) is 31.0 Å². The predicted molar refractivity (Wildman–Crippen MR) is 96.9 cm³/mol. The summed E-state index contributed by atoms with van der Waals surface area (Å²) in [4.78, 5) is 6.38. The number of aliphatic imine (C=N–C) groups is 1. The van der Waals surface area contributed by atoms with Gasteiger partial charge in [-0.15, -0.1) is 0 Å². The van der Waals surface area contributed by atoms with Gasteiger partial charge in [-0.1, -0.05) is 29.3 Å². The van der Waals surface area contributed by atoms with Crippen molar-refractivity contribution in [3.63, 3.8) is 0 Å². The van der Waals surface area contributed by atoms with Crippen LogP contribution in [0.3, 0.4) is 0 Å². The summed E-state index contributed by atoms with van der Waals surface area (Å²) in [6.45, 7) is 4.93. The highest BCUT2D eigenvalue weighted by molar-refractivity contribution is 6.33. The van der Waals surface area contributed by atoms with E-state index >= 15 is 0 Å². The highest BCUT2D eigenvalue weighted by Gasteiger charge is 2.09. The van der Waals surface area contributed by atoms with Crippen LogP contribution in [0.4, 0.5) is 10.1 Å². The molecule has 0 aromatic heterocycles. The van der Waals surface area contributed by atoms with Crippen LogP contribution in [-0.4, -0.2) is 24.8 Å². The van der Waals surface area contributed by atoms with Crippen molar-refractivity contribution in [2.75, 3.05) is 13.6 Å². The average molecular weight is 353 g/mol. The number of hydrogen-bond donors (Lipinski definition) is 0. The fourth-order valence-electron chi connectivity index (χ4n) is 2.11. The maximum Gasteiger partial charge on any atom is 0.124 e. The van der Waals surface area contributed by atoms with Crippen LogP contribution in [0.25, 0.3) is 0 Å². The average Bonchev–Trinajstić information content (AvgIpc) is 2.51. The van der Waals surface area contributed by atoms with Gasteiger partial charge in [-0.05, 0) is 61.2 Å². The van der Waals surface area contributed by atoms with Crippen molar-refractivity contribution in [2.45, 2.75) is 20.3 Å². The van der Waals surface area contributed by atoms with Gasteiger partial charge >= 0.3 is 0 Å². The largest absolute Gasteiger partial charge is 0.366 e. The molecule has 0 saturated carbocycles. The number of nitrogens with zero attached hydrogens (tertiary/aromatic N) is 2. The second-order valence-corrected chi connectivity index (χ2v) is 6.27. The van der Waals surface area contributed by atoms with Gasteiger partial charge in [0.2, 0.25) is 0 Å². The number of benzene rings is 2. The molecule has 5 heteroatoms. The van der Waals surface area contributed by atoms with E-state index in [2.05, 4.69) is 11.9 Å². The minimum Gasteiger partial charge on any atom is -0.366 e. The molecule has 0 radical (unpaired) electrons. The first-order valence-electron chi connectivity index (χ1n) is 7.38. The van der Waals surface area contributed by atoms with Gasteiger partial charge in [0.25, 0.3) is 0 Å². The molecule has 0 bridgehead atoms. The van der Waals surface area contributed by atoms with Crippen LogP contribution in [0.2, 0.25) is 10.0 Å². The Hall–Kier alpha value is -1.58. The molecule has 0 aliphatic carbocycles.